The van der Waals surface area contributed by atoms with Crippen molar-refractivity contribution in [2.45, 2.75) is 13.3 Å². The third-order valence-corrected chi connectivity index (χ3v) is 6.04. The fourth-order valence-corrected chi connectivity index (χ4v) is 3.14. The van der Waals surface area contributed by atoms with Crippen LogP contribution in [0.2, 0.25) is 0 Å². The Kier molecular flexibility index (Phi) is 8.78. The fraction of sp³-hybridized carbons (Fsp3) is 1.00. The van der Waals surface area contributed by atoms with E-state index in [0.29, 0.717) is 0 Å². The topological polar surface area (TPSA) is 86.8 Å². The van der Waals surface area contributed by atoms with Crippen LogP contribution in [0.4, 0.5) is 8.78 Å². The highest BCUT2D eigenvalue weighted by Crippen LogP contribution is 2.00. The Hall–Kier alpha value is -0.360. The summed E-state index contributed by atoms with van der Waals surface area (Å²) in [4.78, 5) is 1.33. The summed E-state index contributed by atoms with van der Waals surface area (Å²) in [5.74, 6) is -0.497. The first-order valence-corrected chi connectivity index (χ1v) is 9.64. The number of nitrogens with zero attached hydrogens (tertiary/aromatic N) is 2. The Labute approximate surface area is 125 Å². The van der Waals surface area contributed by atoms with Crippen LogP contribution in [-0.4, -0.2) is 84.2 Å². The van der Waals surface area contributed by atoms with E-state index in [0.717, 1.165) is 4.31 Å². The average molecular weight is 351 g/mol. The zero-order valence-electron chi connectivity index (χ0n) is 12.4. The van der Waals surface area contributed by atoms with Crippen LogP contribution in [0.1, 0.15) is 6.92 Å². The molecule has 0 aromatic rings. The lowest BCUT2D eigenvalue weighted by Crippen LogP contribution is -2.40. The maximum Gasteiger partial charge on any atom is 0.251 e. The molecule has 1 N–H and O–H groups in total. The first kappa shape index (κ1) is 20.6. The second-order valence-electron chi connectivity index (χ2n) is 4.59. The van der Waals surface area contributed by atoms with Crippen LogP contribution in [0.3, 0.4) is 0 Å². The molecule has 0 spiro atoms. The van der Waals surface area contributed by atoms with Crippen molar-refractivity contribution in [3.05, 3.63) is 0 Å². The molecule has 128 valence electrons. The lowest BCUT2D eigenvalue weighted by Gasteiger charge is -2.21. The second kappa shape index (κ2) is 8.93. The van der Waals surface area contributed by atoms with Gasteiger partial charge in [-0.2, -0.15) is 0 Å². The van der Waals surface area contributed by atoms with Crippen LogP contribution in [0.25, 0.3) is 0 Å². The highest BCUT2D eigenvalue weighted by Gasteiger charge is 2.19. The molecule has 0 unspecified atom stereocenters. The van der Waals surface area contributed by atoms with E-state index in [2.05, 4.69) is 4.72 Å². The van der Waals surface area contributed by atoms with Gasteiger partial charge in [0.25, 0.3) is 6.43 Å². The van der Waals surface area contributed by atoms with Gasteiger partial charge in [0.2, 0.25) is 20.0 Å². The van der Waals surface area contributed by atoms with Crippen LogP contribution in [0.15, 0.2) is 0 Å². The third kappa shape index (κ3) is 9.30. The van der Waals surface area contributed by atoms with Gasteiger partial charge in [-0.05, 0) is 14.0 Å². The third-order valence-electron chi connectivity index (χ3n) is 2.78. The number of hydrogen-bond acceptors (Lipinski definition) is 5. The molecule has 0 saturated carbocycles. The van der Waals surface area contributed by atoms with E-state index in [9.17, 15) is 25.6 Å². The van der Waals surface area contributed by atoms with E-state index < -0.39 is 33.0 Å². The molecule has 7 nitrogen and oxygen atoms in total. The van der Waals surface area contributed by atoms with Gasteiger partial charge in [-0.15, -0.1) is 0 Å². The smallest absolute Gasteiger partial charge is 0.251 e. The van der Waals surface area contributed by atoms with Crippen LogP contribution in [0.5, 0.6) is 0 Å². The van der Waals surface area contributed by atoms with Crippen molar-refractivity contribution in [1.82, 2.24) is 13.9 Å². The van der Waals surface area contributed by atoms with Gasteiger partial charge in [0, 0.05) is 26.7 Å². The van der Waals surface area contributed by atoms with E-state index in [1.54, 1.807) is 0 Å². The van der Waals surface area contributed by atoms with Crippen molar-refractivity contribution < 1.29 is 25.6 Å². The van der Waals surface area contributed by atoms with Crippen molar-refractivity contribution in [3.63, 3.8) is 0 Å². The molecule has 0 amide bonds. The van der Waals surface area contributed by atoms with Crippen molar-refractivity contribution in [2.75, 3.05) is 51.8 Å². The van der Waals surface area contributed by atoms with Gasteiger partial charge in [-0.1, -0.05) is 0 Å². The maximum absolute atomic E-state index is 12.1. The Morgan fingerprint density at radius 1 is 1.10 bits per heavy atom. The predicted octanol–water partition coefficient (Wildman–Crippen LogP) is -0.616. The summed E-state index contributed by atoms with van der Waals surface area (Å²) in [5.41, 5.74) is 0. The molecule has 0 atom stereocenters. The van der Waals surface area contributed by atoms with Crippen LogP contribution < -0.4 is 4.72 Å². The summed E-state index contributed by atoms with van der Waals surface area (Å²) in [5, 5.41) is 0. The quantitative estimate of drug-likeness (QED) is 0.536. The van der Waals surface area contributed by atoms with Gasteiger partial charge in [0.05, 0.1) is 18.1 Å². The molecule has 0 saturated heterocycles. The summed E-state index contributed by atoms with van der Waals surface area (Å²) in [6.07, 6.45) is -2.47. The number of rotatable bonds is 11. The Morgan fingerprint density at radius 2 is 1.67 bits per heavy atom. The minimum Gasteiger partial charge on any atom is -0.300 e. The number of halogens is 2. The van der Waals surface area contributed by atoms with Gasteiger partial charge in [0.1, 0.15) is 0 Å². The first-order chi connectivity index (χ1) is 9.50. The number of sulfonamides is 2. The largest absolute Gasteiger partial charge is 0.300 e. The molecule has 21 heavy (non-hydrogen) atoms. The van der Waals surface area contributed by atoms with Crippen molar-refractivity contribution in [2.24, 2.45) is 0 Å². The molecular formula is C10H23F2N3O4S2. The van der Waals surface area contributed by atoms with Gasteiger partial charge in [-0.25, -0.2) is 34.6 Å². The van der Waals surface area contributed by atoms with Gasteiger partial charge >= 0.3 is 0 Å². The lowest BCUT2D eigenvalue weighted by atomic mass is 10.5. The van der Waals surface area contributed by atoms with E-state index in [1.807, 2.05) is 0 Å². The SMILES string of the molecule is CCS(=O)(=O)NCCS(=O)(=O)N(C)CCN(C)CC(F)F. The number of hydrogen-bond donors (Lipinski definition) is 1. The Morgan fingerprint density at radius 3 is 2.14 bits per heavy atom. The molecule has 0 aliphatic rings. The van der Waals surface area contributed by atoms with E-state index in [4.69, 9.17) is 0 Å². The standard InChI is InChI=1S/C10H23F2N3O4S2/c1-4-20(16,17)13-5-8-21(18,19)15(3)7-6-14(2)9-10(11)12/h10,13H,4-9H2,1-3H3. The van der Waals surface area contributed by atoms with Crippen LogP contribution >= 0.6 is 0 Å². The molecule has 0 aromatic carbocycles. The highest BCUT2D eigenvalue weighted by atomic mass is 32.2. The lowest BCUT2D eigenvalue weighted by molar-refractivity contribution is 0.0990. The zero-order valence-corrected chi connectivity index (χ0v) is 14.1. The number of nitrogens with one attached hydrogen (secondary N) is 1. The molecular weight excluding hydrogens is 328 g/mol. The van der Waals surface area contributed by atoms with Crippen molar-refractivity contribution in [3.8, 4) is 0 Å². The summed E-state index contributed by atoms with van der Waals surface area (Å²) in [7, 11) is -4.25. The maximum atomic E-state index is 12.1. The molecule has 0 heterocycles. The van der Waals surface area contributed by atoms with Crippen LogP contribution in [-0.2, 0) is 20.0 Å². The minimum absolute atomic E-state index is 0.0616. The molecule has 0 radical (unpaired) electrons. The molecule has 0 aliphatic heterocycles. The van der Waals surface area contributed by atoms with E-state index in [1.165, 1.54) is 25.9 Å². The summed E-state index contributed by atoms with van der Waals surface area (Å²) in [6, 6.07) is 0. The Bertz CT molecular complexity index is 496. The molecule has 0 aliphatic carbocycles. The summed E-state index contributed by atoms with van der Waals surface area (Å²) >= 11 is 0. The van der Waals surface area contributed by atoms with Crippen LogP contribution in [0, 0.1) is 0 Å². The number of alkyl halides is 2. The average Bonchev–Trinajstić information content (AvgIpc) is 2.34. The molecule has 0 fully saturated rings. The first-order valence-electron chi connectivity index (χ1n) is 6.38. The fourth-order valence-electron chi connectivity index (χ4n) is 1.36. The highest BCUT2D eigenvalue weighted by molar-refractivity contribution is 7.90. The second-order valence-corrected chi connectivity index (χ2v) is 8.88. The molecule has 0 aromatic heterocycles. The van der Waals surface area contributed by atoms with E-state index in [-0.39, 0.29) is 31.1 Å². The Balaban J connectivity index is 4.25. The van der Waals surface area contributed by atoms with Gasteiger partial charge in [-0.3, -0.25) is 4.90 Å². The van der Waals surface area contributed by atoms with E-state index >= 15 is 0 Å². The van der Waals surface area contributed by atoms with Crippen molar-refractivity contribution in [1.29, 1.82) is 0 Å². The molecule has 0 rings (SSSR count). The molecule has 0 bridgehead atoms. The predicted molar refractivity (Wildman–Crippen MR) is 77.4 cm³/mol. The summed E-state index contributed by atoms with van der Waals surface area (Å²) in [6.45, 7) is 1.04. The normalized spacial score (nSPS) is 13.5. The zero-order chi connectivity index (χ0) is 16.7. The molecule has 11 heteroatoms. The number of likely N-dealkylation sites (N-methyl/N-ethyl adjacent to an activating group) is 2. The summed E-state index contributed by atoms with van der Waals surface area (Å²) < 4.78 is 73.5. The van der Waals surface area contributed by atoms with Gasteiger partial charge in [0.15, 0.2) is 0 Å². The van der Waals surface area contributed by atoms with Gasteiger partial charge < -0.3 is 0 Å². The monoisotopic (exact) mass is 351 g/mol. The van der Waals surface area contributed by atoms with Crippen molar-refractivity contribution >= 4 is 20.0 Å². The minimum atomic E-state index is -3.62.